The van der Waals surface area contributed by atoms with Gasteiger partial charge >= 0.3 is 0 Å². The van der Waals surface area contributed by atoms with Crippen LogP contribution in [0.25, 0.3) is 0 Å². The van der Waals surface area contributed by atoms with Crippen molar-refractivity contribution in [2.24, 2.45) is 5.92 Å². The summed E-state index contributed by atoms with van der Waals surface area (Å²) in [6, 6.07) is 1.12. The van der Waals surface area contributed by atoms with E-state index < -0.39 is 6.29 Å². The van der Waals surface area contributed by atoms with Gasteiger partial charge in [0.1, 0.15) is 0 Å². The van der Waals surface area contributed by atoms with Gasteiger partial charge in [0.15, 0.2) is 6.29 Å². The lowest BCUT2D eigenvalue weighted by Crippen LogP contribution is -2.38. The first kappa shape index (κ1) is 14.9. The lowest BCUT2D eigenvalue weighted by Gasteiger charge is -2.26. The van der Waals surface area contributed by atoms with Crippen LogP contribution in [0.1, 0.15) is 58.8 Å². The summed E-state index contributed by atoms with van der Waals surface area (Å²) < 4.78 is 0. The molecule has 1 aliphatic carbocycles. The number of hydrogen-bond acceptors (Lipinski definition) is 3. The van der Waals surface area contributed by atoms with Crippen LogP contribution >= 0.6 is 0 Å². The van der Waals surface area contributed by atoms with E-state index in [1.807, 2.05) is 6.92 Å². The van der Waals surface area contributed by atoms with Crippen molar-refractivity contribution in [1.82, 2.24) is 5.32 Å². The van der Waals surface area contributed by atoms with Crippen LogP contribution in [-0.4, -0.2) is 28.6 Å². The molecule has 101 valence electrons. The minimum absolute atomic E-state index is 0.0107. The van der Waals surface area contributed by atoms with Crippen LogP contribution in [0.2, 0.25) is 0 Å². The summed E-state index contributed by atoms with van der Waals surface area (Å²) in [7, 11) is 0. The molecular formula is C14H28NO2. The normalized spacial score (nSPS) is 21.7. The Morgan fingerprint density at radius 3 is 2.59 bits per heavy atom. The molecule has 1 aliphatic rings. The average molecular weight is 242 g/mol. The van der Waals surface area contributed by atoms with Gasteiger partial charge in [-0.15, -0.1) is 0 Å². The lowest BCUT2D eigenvalue weighted by molar-refractivity contribution is -0.0808. The minimum Gasteiger partial charge on any atom is -0.368 e. The molecule has 0 saturated heterocycles. The van der Waals surface area contributed by atoms with Crippen molar-refractivity contribution < 1.29 is 10.2 Å². The molecule has 0 aromatic carbocycles. The molecule has 1 radical (unpaired) electrons. The van der Waals surface area contributed by atoms with Crippen LogP contribution < -0.4 is 5.32 Å². The first-order valence-electron chi connectivity index (χ1n) is 7.05. The van der Waals surface area contributed by atoms with Crippen molar-refractivity contribution in [2.75, 3.05) is 0 Å². The van der Waals surface area contributed by atoms with Crippen LogP contribution in [0.15, 0.2) is 0 Å². The highest BCUT2D eigenvalue weighted by atomic mass is 16.5. The molecule has 0 heterocycles. The largest absolute Gasteiger partial charge is 0.368 e. The SMILES string of the molecule is CC(CCCC(C)C(O)O)N[C@H]1[CH]CCCC1. The van der Waals surface area contributed by atoms with Gasteiger partial charge in [0.05, 0.1) is 0 Å². The van der Waals surface area contributed by atoms with E-state index in [1.54, 1.807) is 0 Å². The second-order valence-corrected chi connectivity index (χ2v) is 5.52. The summed E-state index contributed by atoms with van der Waals surface area (Å²) in [4.78, 5) is 0. The summed E-state index contributed by atoms with van der Waals surface area (Å²) in [5.41, 5.74) is 0. The zero-order valence-electron chi connectivity index (χ0n) is 11.2. The maximum Gasteiger partial charge on any atom is 0.154 e. The van der Waals surface area contributed by atoms with E-state index in [0.29, 0.717) is 12.1 Å². The highest BCUT2D eigenvalue weighted by molar-refractivity contribution is 4.88. The monoisotopic (exact) mass is 242 g/mol. The van der Waals surface area contributed by atoms with Crippen molar-refractivity contribution in [3.05, 3.63) is 6.42 Å². The van der Waals surface area contributed by atoms with Crippen molar-refractivity contribution in [3.63, 3.8) is 0 Å². The van der Waals surface area contributed by atoms with Gasteiger partial charge in [-0.1, -0.05) is 26.2 Å². The van der Waals surface area contributed by atoms with Gasteiger partial charge < -0.3 is 15.5 Å². The third-order valence-electron chi connectivity index (χ3n) is 3.72. The standard InChI is InChI=1S/C14H28NO2/c1-11(14(16)17)7-6-8-12(2)15-13-9-4-3-5-10-13/h9,11-17H,3-8,10H2,1-2H3/t11?,12?,13-/m0/s1. The van der Waals surface area contributed by atoms with Crippen LogP contribution in [0, 0.1) is 12.3 Å². The molecule has 3 nitrogen and oxygen atoms in total. The van der Waals surface area contributed by atoms with Crippen LogP contribution in [0.5, 0.6) is 0 Å². The Hall–Kier alpha value is -0.120. The van der Waals surface area contributed by atoms with Crippen LogP contribution in [0.4, 0.5) is 0 Å². The first-order chi connectivity index (χ1) is 8.09. The van der Waals surface area contributed by atoms with Gasteiger partial charge in [0.2, 0.25) is 0 Å². The third-order valence-corrected chi connectivity index (χ3v) is 3.72. The fraction of sp³-hybridized carbons (Fsp3) is 0.929. The van der Waals surface area contributed by atoms with Gasteiger partial charge in [-0.05, 0) is 39.0 Å². The van der Waals surface area contributed by atoms with E-state index in [9.17, 15) is 0 Å². The fourth-order valence-electron chi connectivity index (χ4n) is 2.44. The van der Waals surface area contributed by atoms with Gasteiger partial charge in [-0.3, -0.25) is 0 Å². The van der Waals surface area contributed by atoms with E-state index in [2.05, 4.69) is 18.7 Å². The average Bonchev–Trinajstić information content (AvgIpc) is 2.30. The third kappa shape index (κ3) is 6.39. The van der Waals surface area contributed by atoms with E-state index in [4.69, 9.17) is 10.2 Å². The molecule has 3 atom stereocenters. The van der Waals surface area contributed by atoms with E-state index in [1.165, 1.54) is 25.7 Å². The predicted octanol–water partition coefficient (Wildman–Crippen LogP) is 2.23. The maximum absolute atomic E-state index is 8.98. The molecule has 0 amide bonds. The molecule has 0 aromatic heterocycles. The van der Waals surface area contributed by atoms with E-state index in [0.717, 1.165) is 19.3 Å². The molecule has 3 N–H and O–H groups in total. The summed E-state index contributed by atoms with van der Waals surface area (Å²) in [6.45, 7) is 4.11. The quantitative estimate of drug-likeness (QED) is 0.600. The molecule has 0 aliphatic heterocycles. The van der Waals surface area contributed by atoms with E-state index in [-0.39, 0.29) is 5.92 Å². The lowest BCUT2D eigenvalue weighted by atomic mass is 9.94. The molecule has 1 rings (SSSR count). The fourth-order valence-corrected chi connectivity index (χ4v) is 2.44. The zero-order chi connectivity index (χ0) is 12.7. The predicted molar refractivity (Wildman–Crippen MR) is 70.4 cm³/mol. The zero-order valence-corrected chi connectivity index (χ0v) is 11.2. The molecule has 0 spiro atoms. The molecule has 1 fully saturated rings. The summed E-state index contributed by atoms with van der Waals surface area (Å²) in [6.07, 6.45) is 9.51. The molecule has 0 bridgehead atoms. The first-order valence-corrected chi connectivity index (χ1v) is 7.05. The topological polar surface area (TPSA) is 52.5 Å². The van der Waals surface area contributed by atoms with Gasteiger partial charge in [-0.2, -0.15) is 0 Å². The number of aliphatic hydroxyl groups is 2. The second kappa shape index (κ2) is 8.06. The van der Waals surface area contributed by atoms with E-state index >= 15 is 0 Å². The van der Waals surface area contributed by atoms with Crippen molar-refractivity contribution in [1.29, 1.82) is 0 Å². The smallest absolute Gasteiger partial charge is 0.154 e. The maximum atomic E-state index is 8.98. The highest BCUT2D eigenvalue weighted by Gasteiger charge is 2.16. The van der Waals surface area contributed by atoms with Crippen LogP contribution in [-0.2, 0) is 0 Å². The number of hydrogen-bond donors (Lipinski definition) is 3. The Labute approximate surface area is 106 Å². The molecule has 2 unspecified atom stereocenters. The minimum atomic E-state index is -1.16. The van der Waals surface area contributed by atoms with Gasteiger partial charge in [-0.25, -0.2) is 0 Å². The Morgan fingerprint density at radius 1 is 1.24 bits per heavy atom. The molecular weight excluding hydrogens is 214 g/mol. The summed E-state index contributed by atoms with van der Waals surface area (Å²) >= 11 is 0. The summed E-state index contributed by atoms with van der Waals surface area (Å²) in [5.74, 6) is -0.0107. The Morgan fingerprint density at radius 2 is 2.00 bits per heavy atom. The Balaban J connectivity index is 2.06. The molecule has 17 heavy (non-hydrogen) atoms. The van der Waals surface area contributed by atoms with Gasteiger partial charge in [0, 0.05) is 18.0 Å². The Kier molecular flexibility index (Phi) is 7.09. The molecule has 3 heteroatoms. The van der Waals surface area contributed by atoms with Crippen molar-refractivity contribution in [3.8, 4) is 0 Å². The number of rotatable bonds is 7. The number of nitrogens with one attached hydrogen (secondary N) is 1. The van der Waals surface area contributed by atoms with Crippen LogP contribution in [0.3, 0.4) is 0 Å². The molecule has 1 saturated carbocycles. The number of aliphatic hydroxyl groups excluding tert-OH is 1. The molecule has 0 aromatic rings. The highest BCUT2D eigenvalue weighted by Crippen LogP contribution is 2.18. The van der Waals surface area contributed by atoms with Crippen molar-refractivity contribution in [2.45, 2.75) is 77.2 Å². The second-order valence-electron chi connectivity index (χ2n) is 5.52. The van der Waals surface area contributed by atoms with Crippen molar-refractivity contribution >= 4 is 0 Å². The Bertz CT molecular complexity index is 191. The van der Waals surface area contributed by atoms with Gasteiger partial charge in [0.25, 0.3) is 0 Å². The summed E-state index contributed by atoms with van der Waals surface area (Å²) in [5, 5.41) is 21.6.